The van der Waals surface area contributed by atoms with E-state index in [0.717, 1.165) is 37.1 Å². The first kappa shape index (κ1) is 25.8. The van der Waals surface area contributed by atoms with Crippen molar-refractivity contribution in [2.75, 3.05) is 52.3 Å². The van der Waals surface area contributed by atoms with Crippen LogP contribution in [0, 0.1) is 11.8 Å². The number of carbonyl (C=O) groups is 2. The molecule has 3 heterocycles. The molecule has 0 saturated carbocycles. The van der Waals surface area contributed by atoms with Crippen LogP contribution in [0.3, 0.4) is 0 Å². The monoisotopic (exact) mass is 492 g/mol. The Morgan fingerprint density at radius 2 is 2.11 bits per heavy atom. The molecule has 1 saturated heterocycles. The number of pyridine rings is 1. The highest BCUT2D eigenvalue weighted by Crippen LogP contribution is 2.31. The Hall–Kier alpha value is -3.30. The molecule has 0 unspecified atom stereocenters. The minimum Gasteiger partial charge on any atom is -0.375 e. The van der Waals surface area contributed by atoms with E-state index in [-0.39, 0.29) is 18.4 Å². The maximum absolute atomic E-state index is 13.5. The summed E-state index contributed by atoms with van der Waals surface area (Å²) in [4.78, 5) is 39.2. The Kier molecular flexibility index (Phi) is 8.01. The normalized spacial score (nSPS) is 16.1. The van der Waals surface area contributed by atoms with E-state index in [0.29, 0.717) is 41.0 Å². The number of nitrogens with zero attached hydrogens (tertiary/aromatic N) is 5. The molecule has 1 atom stereocenters. The van der Waals surface area contributed by atoms with Crippen molar-refractivity contribution in [3.8, 4) is 11.4 Å². The second-order valence-corrected chi connectivity index (χ2v) is 10.1. The fraction of sp³-hybridized carbons (Fsp3) is 0.481. The number of methoxy groups -OCH3 is 1. The molecule has 1 aromatic carbocycles. The van der Waals surface area contributed by atoms with Gasteiger partial charge < -0.3 is 24.4 Å². The summed E-state index contributed by atoms with van der Waals surface area (Å²) in [5.74, 6) is 1.41. The van der Waals surface area contributed by atoms with E-state index in [1.165, 1.54) is 7.11 Å². The van der Waals surface area contributed by atoms with Crippen LogP contribution in [0.15, 0.2) is 36.7 Å². The van der Waals surface area contributed by atoms with Crippen LogP contribution in [0.4, 0.5) is 5.69 Å². The van der Waals surface area contributed by atoms with E-state index in [4.69, 9.17) is 9.72 Å². The molecular formula is C27H36N6O3. The van der Waals surface area contributed by atoms with E-state index in [1.807, 2.05) is 30.8 Å². The Balaban J connectivity index is 1.63. The van der Waals surface area contributed by atoms with Crippen LogP contribution in [-0.2, 0) is 16.6 Å². The van der Waals surface area contributed by atoms with Gasteiger partial charge in [0.15, 0.2) is 0 Å². The van der Waals surface area contributed by atoms with Crippen molar-refractivity contribution in [2.45, 2.75) is 20.3 Å². The second-order valence-electron chi connectivity index (χ2n) is 10.1. The number of carbonyl (C=O) groups excluding carboxylic acids is 2. The SMILES string of the molecule is COCC(=O)Nc1cc(C(=O)N(C)C[C@@H]2CCN(CC(C)C)C2)cc2nc(-c3cccnc3)n(C)c12. The van der Waals surface area contributed by atoms with Gasteiger partial charge in [0.1, 0.15) is 12.4 Å². The average molecular weight is 493 g/mol. The quantitative estimate of drug-likeness (QED) is 0.493. The highest BCUT2D eigenvalue weighted by atomic mass is 16.5. The number of amides is 2. The maximum atomic E-state index is 13.5. The third-order valence-electron chi connectivity index (χ3n) is 6.56. The molecule has 1 N–H and O–H groups in total. The van der Waals surface area contributed by atoms with Crippen molar-refractivity contribution in [1.29, 1.82) is 0 Å². The number of nitrogens with one attached hydrogen (secondary N) is 1. The molecule has 1 fully saturated rings. The number of aromatic nitrogens is 3. The Morgan fingerprint density at radius 1 is 1.31 bits per heavy atom. The van der Waals surface area contributed by atoms with Gasteiger partial charge in [-0.15, -0.1) is 0 Å². The first-order valence-corrected chi connectivity index (χ1v) is 12.4. The lowest BCUT2D eigenvalue weighted by atomic mass is 10.1. The molecule has 3 aromatic rings. The van der Waals surface area contributed by atoms with Crippen molar-refractivity contribution in [2.24, 2.45) is 18.9 Å². The van der Waals surface area contributed by atoms with Crippen LogP contribution in [0.1, 0.15) is 30.6 Å². The van der Waals surface area contributed by atoms with Crippen molar-refractivity contribution in [3.05, 3.63) is 42.2 Å². The van der Waals surface area contributed by atoms with E-state index >= 15 is 0 Å². The molecule has 0 bridgehead atoms. The van der Waals surface area contributed by atoms with Gasteiger partial charge in [0.2, 0.25) is 5.91 Å². The lowest BCUT2D eigenvalue weighted by molar-refractivity contribution is -0.119. The molecule has 4 rings (SSSR count). The van der Waals surface area contributed by atoms with E-state index in [2.05, 4.69) is 29.0 Å². The molecule has 2 aromatic heterocycles. The van der Waals surface area contributed by atoms with Gasteiger partial charge in [0.05, 0.1) is 16.7 Å². The molecule has 1 aliphatic heterocycles. The van der Waals surface area contributed by atoms with Crippen molar-refractivity contribution < 1.29 is 14.3 Å². The summed E-state index contributed by atoms with van der Waals surface area (Å²) >= 11 is 0. The predicted octanol–water partition coefficient (Wildman–Crippen LogP) is 3.27. The Morgan fingerprint density at radius 3 is 2.81 bits per heavy atom. The van der Waals surface area contributed by atoms with E-state index < -0.39 is 0 Å². The van der Waals surface area contributed by atoms with Crippen LogP contribution in [0.25, 0.3) is 22.4 Å². The minimum atomic E-state index is -0.294. The zero-order chi connectivity index (χ0) is 25.8. The van der Waals surface area contributed by atoms with Crippen LogP contribution >= 0.6 is 0 Å². The number of imidazole rings is 1. The Bertz CT molecular complexity index is 1220. The van der Waals surface area contributed by atoms with Gasteiger partial charge >= 0.3 is 0 Å². The summed E-state index contributed by atoms with van der Waals surface area (Å²) in [5, 5.41) is 2.90. The number of ether oxygens (including phenoxy) is 1. The Labute approximate surface area is 212 Å². The molecule has 1 aliphatic rings. The lowest BCUT2D eigenvalue weighted by Gasteiger charge is -2.23. The fourth-order valence-electron chi connectivity index (χ4n) is 5.08. The molecule has 9 heteroatoms. The van der Waals surface area contributed by atoms with Gasteiger partial charge in [-0.2, -0.15) is 0 Å². The number of anilines is 1. The second kappa shape index (κ2) is 11.2. The average Bonchev–Trinajstić information content (AvgIpc) is 3.42. The molecular weight excluding hydrogens is 456 g/mol. The number of likely N-dealkylation sites (tertiary alicyclic amines) is 1. The maximum Gasteiger partial charge on any atom is 0.253 e. The zero-order valence-electron chi connectivity index (χ0n) is 21.8. The van der Waals surface area contributed by atoms with Crippen molar-refractivity contribution in [3.63, 3.8) is 0 Å². The van der Waals surface area contributed by atoms with E-state index in [1.54, 1.807) is 29.4 Å². The van der Waals surface area contributed by atoms with Gasteiger partial charge in [-0.05, 0) is 49.1 Å². The van der Waals surface area contributed by atoms with Gasteiger partial charge in [-0.3, -0.25) is 14.6 Å². The van der Waals surface area contributed by atoms with Gasteiger partial charge in [0.25, 0.3) is 5.91 Å². The van der Waals surface area contributed by atoms with Gasteiger partial charge in [-0.25, -0.2) is 4.98 Å². The number of hydrogen-bond donors (Lipinski definition) is 1. The predicted molar refractivity (Wildman–Crippen MR) is 141 cm³/mol. The molecule has 192 valence electrons. The topological polar surface area (TPSA) is 92.6 Å². The fourth-order valence-corrected chi connectivity index (χ4v) is 5.08. The van der Waals surface area contributed by atoms with Gasteiger partial charge in [0, 0.05) is 64.4 Å². The summed E-state index contributed by atoms with van der Waals surface area (Å²) < 4.78 is 6.90. The summed E-state index contributed by atoms with van der Waals surface area (Å²) in [6.45, 7) is 8.27. The highest BCUT2D eigenvalue weighted by Gasteiger charge is 2.26. The van der Waals surface area contributed by atoms with Crippen molar-refractivity contribution in [1.82, 2.24) is 24.3 Å². The summed E-state index contributed by atoms with van der Waals surface area (Å²) in [6, 6.07) is 7.33. The third-order valence-corrected chi connectivity index (χ3v) is 6.56. The summed E-state index contributed by atoms with van der Waals surface area (Å²) in [5.41, 5.74) is 3.23. The molecule has 36 heavy (non-hydrogen) atoms. The summed E-state index contributed by atoms with van der Waals surface area (Å²) in [6.07, 6.45) is 4.55. The zero-order valence-corrected chi connectivity index (χ0v) is 21.8. The first-order valence-electron chi connectivity index (χ1n) is 12.4. The highest BCUT2D eigenvalue weighted by molar-refractivity contribution is 6.06. The standard InChI is InChI=1S/C27H36N6O3/c1-18(2)14-33-10-8-19(16-33)15-31(3)27(35)21-11-22(29-24(34)17-36-5)25-23(12-21)30-26(32(25)4)20-7-6-9-28-13-20/h6-7,9,11-13,18-19H,8,10,14-17H2,1-5H3,(H,29,34)/t19-/m0/s1. The summed E-state index contributed by atoms with van der Waals surface area (Å²) in [7, 11) is 5.21. The smallest absolute Gasteiger partial charge is 0.253 e. The molecule has 0 spiro atoms. The number of benzene rings is 1. The number of hydrogen-bond acceptors (Lipinski definition) is 6. The molecule has 9 nitrogen and oxygen atoms in total. The first-order chi connectivity index (χ1) is 17.3. The number of rotatable bonds is 9. The number of fused-ring (bicyclic) bond motifs is 1. The largest absolute Gasteiger partial charge is 0.375 e. The van der Waals surface area contributed by atoms with Crippen LogP contribution in [0.5, 0.6) is 0 Å². The minimum absolute atomic E-state index is 0.0819. The van der Waals surface area contributed by atoms with Gasteiger partial charge in [-0.1, -0.05) is 13.8 Å². The van der Waals surface area contributed by atoms with E-state index in [9.17, 15) is 9.59 Å². The molecule has 0 radical (unpaired) electrons. The van der Waals surface area contributed by atoms with Crippen LogP contribution in [0.2, 0.25) is 0 Å². The molecule has 0 aliphatic carbocycles. The number of aryl methyl sites for hydroxylation is 1. The molecule has 2 amide bonds. The van der Waals surface area contributed by atoms with Crippen molar-refractivity contribution >= 4 is 28.5 Å². The van der Waals surface area contributed by atoms with Crippen LogP contribution in [-0.4, -0.2) is 83.1 Å². The third kappa shape index (κ3) is 5.74. The lowest BCUT2D eigenvalue weighted by Crippen LogP contribution is -2.33. The van der Waals surface area contributed by atoms with Crippen LogP contribution < -0.4 is 5.32 Å².